The summed E-state index contributed by atoms with van der Waals surface area (Å²) in [5, 5.41) is 3.47. The maximum Gasteiger partial charge on any atom is 0.255 e. The van der Waals surface area contributed by atoms with E-state index in [1.807, 2.05) is 36.1 Å². The summed E-state index contributed by atoms with van der Waals surface area (Å²) >= 11 is 6.08. The molecule has 1 aliphatic heterocycles. The first-order chi connectivity index (χ1) is 12.0. The highest BCUT2D eigenvalue weighted by Gasteiger charge is 2.18. The van der Waals surface area contributed by atoms with Gasteiger partial charge in [0.25, 0.3) is 5.91 Å². The molecule has 0 bridgehead atoms. The van der Waals surface area contributed by atoms with Crippen molar-refractivity contribution in [3.05, 3.63) is 64.2 Å². The summed E-state index contributed by atoms with van der Waals surface area (Å²) in [7, 11) is 0. The van der Waals surface area contributed by atoms with Crippen LogP contribution >= 0.6 is 11.6 Å². The number of rotatable bonds is 4. The van der Waals surface area contributed by atoms with Gasteiger partial charge in [0.2, 0.25) is 5.91 Å². The number of nitrogens with one attached hydrogen (secondary N) is 1. The van der Waals surface area contributed by atoms with E-state index in [9.17, 15) is 9.59 Å². The Kier molecular flexibility index (Phi) is 5.39. The van der Waals surface area contributed by atoms with Gasteiger partial charge in [-0.05, 0) is 55.2 Å². The van der Waals surface area contributed by atoms with Crippen molar-refractivity contribution < 1.29 is 9.59 Å². The fraction of sp³-hybridized carbons (Fsp3) is 0.300. The van der Waals surface area contributed by atoms with Gasteiger partial charge < -0.3 is 10.2 Å². The SMILES string of the molecule is Cc1ccc(NC(=O)c2ccc(CN3CCCCC3=O)cc2)cc1Cl. The van der Waals surface area contributed by atoms with Crippen molar-refractivity contribution in [1.29, 1.82) is 0 Å². The van der Waals surface area contributed by atoms with Gasteiger partial charge in [-0.25, -0.2) is 0 Å². The Balaban J connectivity index is 1.63. The molecule has 0 aromatic heterocycles. The lowest BCUT2D eigenvalue weighted by molar-refractivity contribution is -0.133. The van der Waals surface area contributed by atoms with Crippen molar-refractivity contribution >= 4 is 29.1 Å². The van der Waals surface area contributed by atoms with E-state index in [2.05, 4.69) is 5.32 Å². The van der Waals surface area contributed by atoms with Crippen LogP contribution in [0.2, 0.25) is 5.02 Å². The molecular weight excluding hydrogens is 336 g/mol. The van der Waals surface area contributed by atoms with E-state index < -0.39 is 0 Å². The Hall–Kier alpha value is -2.33. The monoisotopic (exact) mass is 356 g/mol. The molecule has 3 rings (SSSR count). The summed E-state index contributed by atoms with van der Waals surface area (Å²) in [6.45, 7) is 3.34. The van der Waals surface area contributed by atoms with Gasteiger partial charge in [-0.1, -0.05) is 29.8 Å². The van der Waals surface area contributed by atoms with Crippen LogP contribution in [0.1, 0.15) is 40.7 Å². The molecular formula is C20H21ClN2O2. The number of halogens is 1. The zero-order chi connectivity index (χ0) is 17.8. The van der Waals surface area contributed by atoms with Gasteiger partial charge in [0, 0.05) is 35.8 Å². The summed E-state index contributed by atoms with van der Waals surface area (Å²) in [6.07, 6.45) is 2.68. The molecule has 0 aliphatic carbocycles. The summed E-state index contributed by atoms with van der Waals surface area (Å²) in [5.41, 5.74) is 3.25. The smallest absolute Gasteiger partial charge is 0.255 e. The standard InChI is InChI=1S/C20H21ClN2O2/c1-14-5-10-17(12-18(14)21)22-20(25)16-8-6-15(7-9-16)13-23-11-3-2-4-19(23)24/h5-10,12H,2-4,11,13H2,1H3,(H,22,25). The van der Waals surface area contributed by atoms with Crippen molar-refractivity contribution in [2.75, 3.05) is 11.9 Å². The number of likely N-dealkylation sites (tertiary alicyclic amines) is 1. The third kappa shape index (κ3) is 4.40. The molecule has 1 fully saturated rings. The van der Waals surface area contributed by atoms with Crippen LogP contribution in [0.5, 0.6) is 0 Å². The van der Waals surface area contributed by atoms with Crippen LogP contribution < -0.4 is 5.32 Å². The third-order valence-electron chi connectivity index (χ3n) is 4.44. The Labute approximate surface area is 152 Å². The predicted molar refractivity (Wildman–Crippen MR) is 99.9 cm³/mol. The molecule has 2 aromatic carbocycles. The number of amides is 2. The Morgan fingerprint density at radius 3 is 2.60 bits per heavy atom. The molecule has 1 heterocycles. The fourth-order valence-electron chi connectivity index (χ4n) is 2.88. The summed E-state index contributed by atoms with van der Waals surface area (Å²) in [6, 6.07) is 12.8. The highest BCUT2D eigenvalue weighted by Crippen LogP contribution is 2.21. The molecule has 25 heavy (non-hydrogen) atoms. The molecule has 5 heteroatoms. The quantitative estimate of drug-likeness (QED) is 0.881. The van der Waals surface area contributed by atoms with Gasteiger partial charge in [-0.2, -0.15) is 0 Å². The number of piperidine rings is 1. The summed E-state index contributed by atoms with van der Waals surface area (Å²) < 4.78 is 0. The normalized spacial score (nSPS) is 14.5. The fourth-order valence-corrected chi connectivity index (χ4v) is 3.07. The second-order valence-electron chi connectivity index (χ2n) is 6.39. The average Bonchev–Trinajstić information content (AvgIpc) is 2.61. The molecule has 2 amide bonds. The Morgan fingerprint density at radius 2 is 1.92 bits per heavy atom. The van der Waals surface area contributed by atoms with Crippen molar-refractivity contribution in [3.63, 3.8) is 0 Å². The van der Waals surface area contributed by atoms with Crippen LogP contribution in [-0.4, -0.2) is 23.3 Å². The van der Waals surface area contributed by atoms with E-state index in [0.29, 0.717) is 29.2 Å². The molecule has 0 unspecified atom stereocenters. The van der Waals surface area contributed by atoms with Crippen LogP contribution in [0.25, 0.3) is 0 Å². The summed E-state index contributed by atoms with van der Waals surface area (Å²) in [5.74, 6) is 0.0323. The lowest BCUT2D eigenvalue weighted by Crippen LogP contribution is -2.34. The largest absolute Gasteiger partial charge is 0.338 e. The van der Waals surface area contributed by atoms with Crippen LogP contribution in [-0.2, 0) is 11.3 Å². The molecule has 1 aliphatic rings. The third-order valence-corrected chi connectivity index (χ3v) is 4.85. The van der Waals surface area contributed by atoms with Crippen molar-refractivity contribution in [3.8, 4) is 0 Å². The van der Waals surface area contributed by atoms with Crippen molar-refractivity contribution in [2.24, 2.45) is 0 Å². The maximum atomic E-state index is 12.3. The number of benzene rings is 2. The first kappa shape index (κ1) is 17.5. The van der Waals surface area contributed by atoms with Gasteiger partial charge in [0.1, 0.15) is 0 Å². The minimum atomic E-state index is -0.180. The molecule has 1 saturated heterocycles. The van der Waals surface area contributed by atoms with Gasteiger partial charge >= 0.3 is 0 Å². The minimum Gasteiger partial charge on any atom is -0.338 e. The Bertz CT molecular complexity index is 787. The molecule has 0 atom stereocenters. The number of anilines is 1. The first-order valence-electron chi connectivity index (χ1n) is 8.47. The van der Waals surface area contributed by atoms with Crippen LogP contribution in [0.4, 0.5) is 5.69 Å². The van der Waals surface area contributed by atoms with E-state index >= 15 is 0 Å². The lowest BCUT2D eigenvalue weighted by Gasteiger charge is -2.26. The number of carbonyl (C=O) groups excluding carboxylic acids is 2. The second kappa shape index (κ2) is 7.70. The topological polar surface area (TPSA) is 49.4 Å². The molecule has 2 aromatic rings. The van der Waals surface area contributed by atoms with E-state index in [1.165, 1.54) is 0 Å². The average molecular weight is 357 g/mol. The maximum absolute atomic E-state index is 12.3. The molecule has 4 nitrogen and oxygen atoms in total. The van der Waals surface area contributed by atoms with E-state index in [-0.39, 0.29) is 11.8 Å². The molecule has 0 spiro atoms. The van der Waals surface area contributed by atoms with Crippen molar-refractivity contribution in [2.45, 2.75) is 32.7 Å². The van der Waals surface area contributed by atoms with Gasteiger partial charge in [-0.3, -0.25) is 9.59 Å². The van der Waals surface area contributed by atoms with E-state index in [0.717, 1.165) is 30.5 Å². The summed E-state index contributed by atoms with van der Waals surface area (Å²) in [4.78, 5) is 26.1. The number of aryl methyl sites for hydroxylation is 1. The van der Waals surface area contributed by atoms with Crippen LogP contribution in [0.15, 0.2) is 42.5 Å². The number of hydrogen-bond acceptors (Lipinski definition) is 2. The van der Waals surface area contributed by atoms with E-state index in [1.54, 1.807) is 18.2 Å². The molecule has 0 radical (unpaired) electrons. The van der Waals surface area contributed by atoms with Gasteiger partial charge in [0.05, 0.1) is 0 Å². The number of hydrogen-bond donors (Lipinski definition) is 1. The highest BCUT2D eigenvalue weighted by atomic mass is 35.5. The lowest BCUT2D eigenvalue weighted by atomic mass is 10.1. The first-order valence-corrected chi connectivity index (χ1v) is 8.85. The highest BCUT2D eigenvalue weighted by molar-refractivity contribution is 6.31. The predicted octanol–water partition coefficient (Wildman–Crippen LogP) is 4.41. The molecule has 0 saturated carbocycles. The van der Waals surface area contributed by atoms with E-state index in [4.69, 9.17) is 11.6 Å². The Morgan fingerprint density at radius 1 is 1.16 bits per heavy atom. The minimum absolute atomic E-state index is 0.180. The molecule has 130 valence electrons. The van der Waals surface area contributed by atoms with Gasteiger partial charge in [0.15, 0.2) is 0 Å². The zero-order valence-electron chi connectivity index (χ0n) is 14.2. The molecule has 1 N–H and O–H groups in total. The zero-order valence-corrected chi connectivity index (χ0v) is 15.0. The van der Waals surface area contributed by atoms with Crippen LogP contribution in [0.3, 0.4) is 0 Å². The number of nitrogens with zero attached hydrogens (tertiary/aromatic N) is 1. The van der Waals surface area contributed by atoms with Crippen molar-refractivity contribution in [1.82, 2.24) is 4.90 Å². The number of carbonyl (C=O) groups is 2. The van der Waals surface area contributed by atoms with Crippen LogP contribution in [0, 0.1) is 6.92 Å². The van der Waals surface area contributed by atoms with Gasteiger partial charge in [-0.15, -0.1) is 0 Å². The second-order valence-corrected chi connectivity index (χ2v) is 6.79.